The van der Waals surface area contributed by atoms with Crippen LogP contribution in [0.5, 0.6) is 0 Å². The Morgan fingerprint density at radius 2 is 1.62 bits per heavy atom. The molecule has 1 saturated heterocycles. The monoisotopic (exact) mass is 346 g/mol. The SMILES string of the molecule is O=C(O)CNCCNCCNC(CC(=O)N1CCOCC1)C(=O)O. The molecule has 1 fully saturated rings. The topological polar surface area (TPSA) is 140 Å². The number of hydrogen-bond acceptors (Lipinski definition) is 7. The molecule has 1 heterocycles. The van der Waals surface area contributed by atoms with Crippen LogP contribution in [0.1, 0.15) is 6.42 Å². The highest BCUT2D eigenvalue weighted by molar-refractivity contribution is 5.84. The minimum atomic E-state index is -1.06. The van der Waals surface area contributed by atoms with E-state index in [4.69, 9.17) is 9.84 Å². The Labute approximate surface area is 140 Å². The second-order valence-electron chi connectivity index (χ2n) is 5.36. The second-order valence-corrected chi connectivity index (χ2v) is 5.36. The first kappa shape index (κ1) is 20.3. The maximum Gasteiger partial charge on any atom is 0.321 e. The van der Waals surface area contributed by atoms with Gasteiger partial charge in [0.25, 0.3) is 0 Å². The van der Waals surface area contributed by atoms with Gasteiger partial charge >= 0.3 is 11.9 Å². The van der Waals surface area contributed by atoms with Crippen LogP contribution in [0.3, 0.4) is 0 Å². The van der Waals surface area contributed by atoms with Gasteiger partial charge in [-0.15, -0.1) is 0 Å². The van der Waals surface area contributed by atoms with Gasteiger partial charge in [0, 0.05) is 39.3 Å². The van der Waals surface area contributed by atoms with Gasteiger partial charge in [-0.2, -0.15) is 0 Å². The van der Waals surface area contributed by atoms with E-state index in [9.17, 15) is 19.5 Å². The summed E-state index contributed by atoms with van der Waals surface area (Å²) in [7, 11) is 0. The molecule has 138 valence electrons. The van der Waals surface area contributed by atoms with E-state index in [1.54, 1.807) is 4.90 Å². The van der Waals surface area contributed by atoms with E-state index in [1.807, 2.05) is 0 Å². The molecule has 0 spiro atoms. The van der Waals surface area contributed by atoms with Crippen LogP contribution >= 0.6 is 0 Å². The lowest BCUT2D eigenvalue weighted by Gasteiger charge is -2.28. The van der Waals surface area contributed by atoms with E-state index in [-0.39, 0.29) is 18.9 Å². The number of amides is 1. The molecule has 1 atom stereocenters. The number of carboxylic acid groups (broad SMARTS) is 2. The molecule has 5 N–H and O–H groups in total. The number of morpholine rings is 1. The predicted octanol–water partition coefficient (Wildman–Crippen LogP) is -2.46. The lowest BCUT2D eigenvalue weighted by atomic mass is 10.2. The van der Waals surface area contributed by atoms with Crippen LogP contribution in [0.2, 0.25) is 0 Å². The molecule has 10 nitrogen and oxygen atoms in total. The molecule has 1 aliphatic rings. The summed E-state index contributed by atoms with van der Waals surface area (Å²) in [5.41, 5.74) is 0. The van der Waals surface area contributed by atoms with Crippen LogP contribution in [0.25, 0.3) is 0 Å². The van der Waals surface area contributed by atoms with Crippen LogP contribution in [0, 0.1) is 0 Å². The minimum absolute atomic E-state index is 0.0878. The summed E-state index contributed by atoms with van der Waals surface area (Å²) in [5, 5.41) is 26.3. The molecule has 24 heavy (non-hydrogen) atoms. The number of nitrogens with zero attached hydrogens (tertiary/aromatic N) is 1. The zero-order valence-electron chi connectivity index (χ0n) is 13.6. The molecule has 0 aromatic heterocycles. The maximum absolute atomic E-state index is 12.1. The molecule has 1 amide bonds. The number of aliphatic carboxylic acids is 2. The molecule has 1 rings (SSSR count). The van der Waals surface area contributed by atoms with Crippen molar-refractivity contribution >= 4 is 17.8 Å². The summed E-state index contributed by atoms with van der Waals surface area (Å²) in [5.74, 6) is -2.16. The van der Waals surface area contributed by atoms with Crippen molar-refractivity contribution in [3.63, 3.8) is 0 Å². The predicted molar refractivity (Wildman–Crippen MR) is 84.8 cm³/mol. The number of carbonyl (C=O) groups excluding carboxylic acids is 1. The van der Waals surface area contributed by atoms with Crippen molar-refractivity contribution in [1.82, 2.24) is 20.9 Å². The first-order chi connectivity index (χ1) is 11.5. The molecule has 0 radical (unpaired) electrons. The first-order valence-electron chi connectivity index (χ1n) is 7.95. The Balaban J connectivity index is 2.15. The normalized spacial score (nSPS) is 15.9. The highest BCUT2D eigenvalue weighted by atomic mass is 16.5. The summed E-state index contributed by atoms with van der Waals surface area (Å²) in [6, 6.07) is -0.924. The van der Waals surface area contributed by atoms with Crippen molar-refractivity contribution < 1.29 is 29.3 Å². The smallest absolute Gasteiger partial charge is 0.321 e. The molecule has 1 aliphatic heterocycles. The zero-order chi connectivity index (χ0) is 17.8. The number of carbonyl (C=O) groups is 3. The highest BCUT2D eigenvalue weighted by Gasteiger charge is 2.24. The van der Waals surface area contributed by atoms with Crippen molar-refractivity contribution in [3.05, 3.63) is 0 Å². The summed E-state index contributed by atoms with van der Waals surface area (Å²) in [6.45, 7) is 3.85. The van der Waals surface area contributed by atoms with Crippen LogP contribution in [-0.4, -0.2) is 98.0 Å². The lowest BCUT2D eigenvalue weighted by molar-refractivity contribution is -0.144. The Morgan fingerprint density at radius 3 is 2.25 bits per heavy atom. The van der Waals surface area contributed by atoms with Gasteiger partial charge in [0.15, 0.2) is 0 Å². The Morgan fingerprint density at radius 1 is 1.00 bits per heavy atom. The first-order valence-corrected chi connectivity index (χ1v) is 7.95. The number of rotatable bonds is 12. The van der Waals surface area contributed by atoms with Gasteiger partial charge < -0.3 is 35.8 Å². The molecule has 10 heteroatoms. The van der Waals surface area contributed by atoms with Gasteiger partial charge in [0.2, 0.25) is 5.91 Å². The summed E-state index contributed by atoms with van der Waals surface area (Å²) in [4.78, 5) is 35.2. The largest absolute Gasteiger partial charge is 0.480 e. The molecule has 0 aromatic carbocycles. The fraction of sp³-hybridized carbons (Fsp3) is 0.786. The van der Waals surface area contributed by atoms with E-state index in [0.717, 1.165) is 0 Å². The van der Waals surface area contributed by atoms with Crippen LogP contribution in [0.4, 0.5) is 0 Å². The van der Waals surface area contributed by atoms with Gasteiger partial charge in [0.05, 0.1) is 26.2 Å². The van der Waals surface area contributed by atoms with E-state index in [1.165, 1.54) is 0 Å². The number of ether oxygens (including phenoxy) is 1. The third-order valence-corrected chi connectivity index (χ3v) is 3.49. The van der Waals surface area contributed by atoms with E-state index in [0.29, 0.717) is 52.5 Å². The van der Waals surface area contributed by atoms with Crippen molar-refractivity contribution in [2.24, 2.45) is 0 Å². The summed E-state index contributed by atoms with van der Waals surface area (Å²) < 4.78 is 5.16. The van der Waals surface area contributed by atoms with Gasteiger partial charge in [-0.05, 0) is 0 Å². The van der Waals surface area contributed by atoms with E-state index < -0.39 is 18.0 Å². The fourth-order valence-corrected chi connectivity index (χ4v) is 2.20. The van der Waals surface area contributed by atoms with Gasteiger partial charge in [-0.3, -0.25) is 14.4 Å². The fourth-order valence-electron chi connectivity index (χ4n) is 2.20. The number of nitrogens with one attached hydrogen (secondary N) is 3. The summed E-state index contributed by atoms with van der Waals surface area (Å²) >= 11 is 0. The molecular weight excluding hydrogens is 320 g/mol. The third kappa shape index (κ3) is 8.77. The summed E-state index contributed by atoms with van der Waals surface area (Å²) in [6.07, 6.45) is -0.0878. The maximum atomic E-state index is 12.1. The third-order valence-electron chi connectivity index (χ3n) is 3.49. The standard InChI is InChI=1S/C14H26N4O6/c19-12(18-5-7-24-8-6-18)9-11(14(22)23)17-4-3-15-1-2-16-10-13(20)21/h11,15-17H,1-10H2,(H,20,21)(H,22,23). The van der Waals surface area contributed by atoms with Crippen molar-refractivity contribution in [3.8, 4) is 0 Å². The lowest BCUT2D eigenvalue weighted by Crippen LogP contribution is -2.47. The van der Waals surface area contributed by atoms with Gasteiger partial charge in [0.1, 0.15) is 6.04 Å². The average Bonchev–Trinajstić information content (AvgIpc) is 2.56. The second kappa shape index (κ2) is 11.7. The van der Waals surface area contributed by atoms with Crippen molar-refractivity contribution in [1.29, 1.82) is 0 Å². The molecule has 0 saturated carbocycles. The Kier molecular flexibility index (Phi) is 9.92. The van der Waals surface area contributed by atoms with E-state index >= 15 is 0 Å². The molecule has 0 bridgehead atoms. The van der Waals surface area contributed by atoms with E-state index in [2.05, 4.69) is 16.0 Å². The average molecular weight is 346 g/mol. The quantitative estimate of drug-likeness (QED) is 0.243. The number of carboxylic acids is 2. The van der Waals surface area contributed by atoms with Gasteiger partial charge in [-0.25, -0.2) is 0 Å². The van der Waals surface area contributed by atoms with Crippen molar-refractivity contribution in [2.45, 2.75) is 12.5 Å². The molecule has 1 unspecified atom stereocenters. The van der Waals surface area contributed by atoms with Crippen LogP contribution in [-0.2, 0) is 19.1 Å². The Hall–Kier alpha value is -1.75. The molecular formula is C14H26N4O6. The minimum Gasteiger partial charge on any atom is -0.480 e. The number of hydrogen-bond donors (Lipinski definition) is 5. The van der Waals surface area contributed by atoms with Gasteiger partial charge in [-0.1, -0.05) is 0 Å². The van der Waals surface area contributed by atoms with Crippen LogP contribution in [0.15, 0.2) is 0 Å². The van der Waals surface area contributed by atoms with Crippen molar-refractivity contribution in [2.75, 3.05) is 59.0 Å². The van der Waals surface area contributed by atoms with Crippen LogP contribution < -0.4 is 16.0 Å². The molecule has 0 aromatic rings. The highest BCUT2D eigenvalue weighted by Crippen LogP contribution is 2.03. The zero-order valence-corrected chi connectivity index (χ0v) is 13.6. The Bertz CT molecular complexity index is 414. The molecule has 0 aliphatic carbocycles.